The molecule has 2 aromatic carbocycles. The van der Waals surface area contributed by atoms with Crippen molar-refractivity contribution in [3.63, 3.8) is 0 Å². The van der Waals surface area contributed by atoms with Crippen molar-refractivity contribution in [1.29, 1.82) is 0 Å². The molecule has 29 heavy (non-hydrogen) atoms. The minimum Gasteiger partial charge on any atom is -0.464 e. The Morgan fingerprint density at radius 3 is 2.52 bits per heavy atom. The van der Waals surface area contributed by atoms with E-state index in [0.29, 0.717) is 11.1 Å². The van der Waals surface area contributed by atoms with Crippen LogP contribution in [0.3, 0.4) is 0 Å². The van der Waals surface area contributed by atoms with E-state index in [2.05, 4.69) is 14.9 Å². The third-order valence-corrected chi connectivity index (χ3v) is 3.91. The second-order valence-corrected chi connectivity index (χ2v) is 5.83. The highest BCUT2D eigenvalue weighted by molar-refractivity contribution is 6.43. The molecular weight excluding hydrogens is 389 g/mol. The van der Waals surface area contributed by atoms with E-state index in [9.17, 15) is 18.0 Å². The summed E-state index contributed by atoms with van der Waals surface area (Å²) in [4.78, 5) is 20.9. The zero-order chi connectivity index (χ0) is 21.4. The van der Waals surface area contributed by atoms with Crippen LogP contribution in [-0.4, -0.2) is 36.3 Å². The number of benzene rings is 2. The smallest absolute Gasteiger partial charge is 0.416 e. The fourth-order valence-corrected chi connectivity index (χ4v) is 2.48. The molecule has 0 fully saturated rings. The van der Waals surface area contributed by atoms with E-state index in [1.165, 1.54) is 26.2 Å². The van der Waals surface area contributed by atoms with Crippen LogP contribution in [0.15, 0.2) is 58.7 Å². The minimum absolute atomic E-state index is 0.0755. The number of rotatable bonds is 7. The fourth-order valence-electron chi connectivity index (χ4n) is 2.48. The highest BCUT2D eigenvalue weighted by Crippen LogP contribution is 2.29. The molecule has 0 bridgehead atoms. The first kappa shape index (κ1) is 22.1. The fraction of sp³-hybridized carbons (Fsp3) is 0.250. The molecule has 0 heterocycles. The zero-order valence-electron chi connectivity index (χ0n) is 15.7. The number of aliphatic hydroxyl groups excluding tert-OH is 1. The summed E-state index contributed by atoms with van der Waals surface area (Å²) in [7, 11) is 1.19. The van der Waals surface area contributed by atoms with Crippen LogP contribution in [0.5, 0.6) is 0 Å². The summed E-state index contributed by atoms with van der Waals surface area (Å²) in [5.74, 6) is -0.727. The standard InChI is InChI=1S/C20H19F3N2O4/c1-13(14-7-5-8-16(10-14)20(21,22)23)25-29-11-15-6-3-4-9-17(15)18(24-12-26)19(27)28-2/h3-10,26H,11-12H2,1-2H3/b24-18+,25-13+. The van der Waals surface area contributed by atoms with Gasteiger partial charge in [-0.15, -0.1) is 0 Å². The predicted octanol–water partition coefficient (Wildman–Crippen LogP) is 3.56. The molecule has 6 nitrogen and oxygen atoms in total. The van der Waals surface area contributed by atoms with E-state index in [4.69, 9.17) is 9.94 Å². The molecule has 1 N–H and O–H groups in total. The number of aliphatic hydroxyl groups is 1. The Hall–Kier alpha value is -3.20. The highest BCUT2D eigenvalue weighted by Gasteiger charge is 2.30. The van der Waals surface area contributed by atoms with Gasteiger partial charge in [0.2, 0.25) is 0 Å². The molecule has 0 spiro atoms. The number of carbonyl (C=O) groups excluding carboxylic acids is 1. The molecule has 0 unspecified atom stereocenters. The predicted molar refractivity (Wildman–Crippen MR) is 101 cm³/mol. The van der Waals surface area contributed by atoms with Crippen molar-refractivity contribution in [2.24, 2.45) is 10.1 Å². The lowest BCUT2D eigenvalue weighted by atomic mass is 10.0. The van der Waals surface area contributed by atoms with E-state index in [0.717, 1.165) is 12.1 Å². The summed E-state index contributed by atoms with van der Waals surface area (Å²) in [5, 5.41) is 12.9. The van der Waals surface area contributed by atoms with Gasteiger partial charge in [-0.2, -0.15) is 13.2 Å². The first-order valence-electron chi connectivity index (χ1n) is 8.44. The monoisotopic (exact) mass is 408 g/mol. The topological polar surface area (TPSA) is 80.5 Å². The Labute approximate surface area is 165 Å². The molecule has 9 heteroatoms. The number of methoxy groups -OCH3 is 1. The number of hydrogen-bond acceptors (Lipinski definition) is 6. The van der Waals surface area contributed by atoms with Crippen LogP contribution in [0.2, 0.25) is 0 Å². The van der Waals surface area contributed by atoms with Crippen molar-refractivity contribution in [3.8, 4) is 0 Å². The molecule has 0 radical (unpaired) electrons. The van der Waals surface area contributed by atoms with Crippen LogP contribution >= 0.6 is 0 Å². The Bertz CT molecular complexity index is 924. The third-order valence-electron chi connectivity index (χ3n) is 3.91. The van der Waals surface area contributed by atoms with E-state index < -0.39 is 24.4 Å². The summed E-state index contributed by atoms with van der Waals surface area (Å²) < 4.78 is 43.2. The third kappa shape index (κ3) is 5.89. The van der Waals surface area contributed by atoms with Crippen LogP contribution in [0.25, 0.3) is 0 Å². The Morgan fingerprint density at radius 2 is 1.86 bits per heavy atom. The summed E-state index contributed by atoms with van der Waals surface area (Å²) >= 11 is 0. The van der Waals surface area contributed by atoms with Gasteiger partial charge >= 0.3 is 12.1 Å². The molecule has 2 rings (SSSR count). The van der Waals surface area contributed by atoms with E-state index in [-0.39, 0.29) is 23.6 Å². The van der Waals surface area contributed by atoms with Crippen LogP contribution < -0.4 is 0 Å². The van der Waals surface area contributed by atoms with Crippen molar-refractivity contribution in [2.75, 3.05) is 13.8 Å². The van der Waals surface area contributed by atoms with Crippen molar-refractivity contribution in [1.82, 2.24) is 0 Å². The van der Waals surface area contributed by atoms with Gasteiger partial charge in [0.15, 0.2) is 5.71 Å². The van der Waals surface area contributed by atoms with Crippen molar-refractivity contribution in [3.05, 3.63) is 70.8 Å². The molecule has 0 saturated heterocycles. The number of carbonyl (C=O) groups is 1. The maximum Gasteiger partial charge on any atom is 0.416 e. The molecule has 2 aromatic rings. The maximum atomic E-state index is 12.8. The number of aliphatic imine (C=N–C) groups is 1. The molecule has 0 amide bonds. The number of ether oxygens (including phenoxy) is 1. The molecule has 0 aromatic heterocycles. The maximum absolute atomic E-state index is 12.8. The van der Waals surface area contributed by atoms with Gasteiger partial charge < -0.3 is 14.7 Å². The number of alkyl halides is 3. The van der Waals surface area contributed by atoms with E-state index in [1.807, 2.05) is 0 Å². The molecule has 0 aliphatic rings. The number of nitrogens with zero attached hydrogens (tertiary/aromatic N) is 2. The second-order valence-electron chi connectivity index (χ2n) is 5.83. The molecule has 0 aliphatic heterocycles. The summed E-state index contributed by atoms with van der Waals surface area (Å²) in [6.07, 6.45) is -4.45. The van der Waals surface area contributed by atoms with E-state index >= 15 is 0 Å². The van der Waals surface area contributed by atoms with Gasteiger partial charge in [-0.25, -0.2) is 9.79 Å². The lowest BCUT2D eigenvalue weighted by Gasteiger charge is -2.11. The quantitative estimate of drug-likeness (QED) is 0.432. The first-order valence-corrected chi connectivity index (χ1v) is 8.44. The van der Waals surface area contributed by atoms with Gasteiger partial charge in [0, 0.05) is 11.1 Å². The van der Waals surface area contributed by atoms with Gasteiger partial charge in [-0.3, -0.25) is 0 Å². The molecular formula is C20H19F3N2O4. The van der Waals surface area contributed by atoms with Gasteiger partial charge in [-0.05, 0) is 24.6 Å². The normalized spacial score (nSPS) is 12.6. The lowest BCUT2D eigenvalue weighted by molar-refractivity contribution is -0.137. The average Bonchev–Trinajstić information content (AvgIpc) is 2.71. The van der Waals surface area contributed by atoms with E-state index in [1.54, 1.807) is 24.3 Å². The molecule has 0 saturated carbocycles. The number of halogens is 3. The largest absolute Gasteiger partial charge is 0.464 e. The van der Waals surface area contributed by atoms with Gasteiger partial charge in [0.1, 0.15) is 13.3 Å². The van der Waals surface area contributed by atoms with Crippen molar-refractivity contribution < 1.29 is 32.6 Å². The Balaban J connectivity index is 2.21. The second kappa shape index (κ2) is 9.83. The number of oxime groups is 1. The molecule has 0 aliphatic carbocycles. The molecule has 0 atom stereocenters. The number of hydrogen-bond donors (Lipinski definition) is 1. The number of esters is 1. The van der Waals surface area contributed by atoms with Gasteiger partial charge in [-0.1, -0.05) is 41.6 Å². The summed E-state index contributed by atoms with van der Waals surface area (Å²) in [6, 6.07) is 11.4. The minimum atomic E-state index is -4.45. The summed E-state index contributed by atoms with van der Waals surface area (Å²) in [6.45, 7) is 0.842. The van der Waals surface area contributed by atoms with Crippen molar-refractivity contribution >= 4 is 17.4 Å². The SMILES string of the molecule is COC(=O)/C(=N/CO)c1ccccc1CO/N=C(\C)c1cccc(C(F)(F)F)c1. The van der Waals surface area contributed by atoms with Crippen LogP contribution in [0.4, 0.5) is 13.2 Å². The van der Waals surface area contributed by atoms with Gasteiger partial charge in [0.25, 0.3) is 0 Å². The Kier molecular flexibility index (Phi) is 7.49. The Morgan fingerprint density at radius 1 is 1.14 bits per heavy atom. The van der Waals surface area contributed by atoms with Crippen LogP contribution in [0, 0.1) is 0 Å². The summed E-state index contributed by atoms with van der Waals surface area (Å²) in [5.41, 5.74) is 0.590. The van der Waals surface area contributed by atoms with Gasteiger partial charge in [0.05, 0.1) is 18.4 Å². The highest BCUT2D eigenvalue weighted by atomic mass is 19.4. The van der Waals surface area contributed by atoms with Crippen molar-refractivity contribution in [2.45, 2.75) is 19.7 Å². The zero-order valence-corrected chi connectivity index (χ0v) is 15.7. The lowest BCUT2D eigenvalue weighted by Crippen LogP contribution is -2.19. The first-order chi connectivity index (χ1) is 13.8. The average molecular weight is 408 g/mol. The van der Waals surface area contributed by atoms with Crippen LogP contribution in [0.1, 0.15) is 29.2 Å². The van der Waals surface area contributed by atoms with Crippen LogP contribution in [-0.2, 0) is 27.2 Å². The molecule has 154 valence electrons.